The molecule has 3 heteroatoms. The number of aliphatic hydroxyl groups is 1. The average Bonchev–Trinajstić information content (AvgIpc) is 3.24. The van der Waals surface area contributed by atoms with Gasteiger partial charge in [-0.05, 0) is 118 Å². The number of hydrogen-bond donors (Lipinski definition) is 1. The molecule has 196 valence electrons. The van der Waals surface area contributed by atoms with Crippen molar-refractivity contribution in [2.75, 3.05) is 0 Å². The molecule has 5 aliphatic rings. The first-order chi connectivity index (χ1) is 16.1. The molecule has 4 aliphatic carbocycles. The molecule has 0 aromatic carbocycles. The zero-order chi connectivity index (χ0) is 25.8. The Labute approximate surface area is 214 Å². The quantitative estimate of drug-likeness (QED) is 0.323. The first kappa shape index (κ1) is 25.6. The summed E-state index contributed by atoms with van der Waals surface area (Å²) in [6, 6.07) is 0. The number of rotatable bonds is 2. The van der Waals surface area contributed by atoms with E-state index >= 15 is 0 Å². The third-order valence-corrected chi connectivity index (χ3v) is 13.1. The molecule has 3 nitrogen and oxygen atoms in total. The minimum absolute atomic E-state index is 0.0235. The summed E-state index contributed by atoms with van der Waals surface area (Å²) in [4.78, 5) is 13.5. The molecule has 8 atom stereocenters. The topological polar surface area (TPSA) is 46.5 Å². The van der Waals surface area contributed by atoms with E-state index < -0.39 is 5.41 Å². The van der Waals surface area contributed by atoms with E-state index in [4.69, 9.17) is 4.74 Å². The van der Waals surface area contributed by atoms with E-state index in [0.29, 0.717) is 11.8 Å². The predicted molar refractivity (Wildman–Crippen MR) is 142 cm³/mol. The number of carbonyl (C=O) groups is 1. The van der Waals surface area contributed by atoms with Gasteiger partial charge in [0.15, 0.2) is 0 Å². The van der Waals surface area contributed by atoms with Gasteiger partial charge in [-0.3, -0.25) is 4.79 Å². The molecule has 3 fully saturated rings. The maximum Gasteiger partial charge on any atom is 0.312 e. The number of carbonyl (C=O) groups excluding carboxylic acids is 1. The van der Waals surface area contributed by atoms with Crippen molar-refractivity contribution in [3.8, 4) is 0 Å². The molecule has 0 bridgehead atoms. The van der Waals surface area contributed by atoms with E-state index in [1.807, 2.05) is 0 Å². The third kappa shape index (κ3) is 3.15. The highest BCUT2D eigenvalue weighted by Crippen LogP contribution is 2.74. The van der Waals surface area contributed by atoms with Crippen LogP contribution in [0.2, 0.25) is 0 Å². The molecule has 1 heterocycles. The minimum Gasteiger partial charge on any atom is -0.457 e. The molecule has 0 amide bonds. The van der Waals surface area contributed by atoms with Gasteiger partial charge in [0, 0.05) is 6.42 Å². The number of esters is 1. The summed E-state index contributed by atoms with van der Waals surface area (Å²) in [5.74, 6) is 0.960. The number of aliphatic hydroxyl groups excluding tert-OH is 1. The van der Waals surface area contributed by atoms with Crippen molar-refractivity contribution >= 4 is 5.97 Å². The van der Waals surface area contributed by atoms with E-state index in [9.17, 15) is 9.90 Å². The molecule has 5 rings (SSSR count). The van der Waals surface area contributed by atoms with Crippen molar-refractivity contribution in [2.45, 2.75) is 132 Å². The average molecular weight is 483 g/mol. The minimum atomic E-state index is -0.399. The van der Waals surface area contributed by atoms with Gasteiger partial charge in [-0.25, -0.2) is 0 Å². The van der Waals surface area contributed by atoms with Crippen LogP contribution in [-0.2, 0) is 9.53 Å². The highest BCUT2D eigenvalue weighted by atomic mass is 16.6. The highest BCUT2D eigenvalue weighted by Gasteiger charge is 2.67. The number of hydrogen-bond acceptors (Lipinski definition) is 3. The molecule has 0 spiro atoms. The first-order valence-corrected chi connectivity index (χ1v) is 14.4. The monoisotopic (exact) mass is 482 g/mol. The molecule has 0 aromatic heterocycles. The van der Waals surface area contributed by atoms with Gasteiger partial charge < -0.3 is 9.84 Å². The van der Waals surface area contributed by atoms with Crippen LogP contribution in [0.4, 0.5) is 0 Å². The summed E-state index contributed by atoms with van der Waals surface area (Å²) in [6.45, 7) is 20.8. The van der Waals surface area contributed by atoms with Crippen molar-refractivity contribution in [2.24, 2.45) is 38.9 Å². The standard InChI is InChI=1S/C32H50O3/c1-19(2)20(3)23-18-30(7,27(34)35-23)25-13-17-31(8)22-10-11-24-28(4,5)26(33)14-15-29(24,6)21(22)12-16-32(25,31)9/h23-26,33H,10-18H2,1-9H3/t23-,24-,25-,26-,29+,30-,31-,32+/m0/s1. The lowest BCUT2D eigenvalue weighted by molar-refractivity contribution is -0.153. The molecule has 0 unspecified atom stereocenters. The Balaban J connectivity index is 1.52. The maximum atomic E-state index is 13.5. The summed E-state index contributed by atoms with van der Waals surface area (Å²) < 4.78 is 6.06. The van der Waals surface area contributed by atoms with Crippen molar-refractivity contribution in [3.63, 3.8) is 0 Å². The second-order valence-corrected chi connectivity index (χ2v) is 14.9. The second kappa shape index (κ2) is 7.71. The zero-order valence-electron chi connectivity index (χ0n) is 23.9. The first-order valence-electron chi connectivity index (χ1n) is 14.4. The second-order valence-electron chi connectivity index (χ2n) is 14.9. The van der Waals surface area contributed by atoms with Gasteiger partial charge in [0.25, 0.3) is 0 Å². The Morgan fingerprint density at radius 1 is 0.829 bits per heavy atom. The summed E-state index contributed by atoms with van der Waals surface area (Å²) in [6.07, 6.45) is 9.64. The van der Waals surface area contributed by atoms with Crippen LogP contribution in [0.5, 0.6) is 0 Å². The zero-order valence-corrected chi connectivity index (χ0v) is 23.9. The molecule has 1 saturated heterocycles. The Kier molecular flexibility index (Phi) is 5.63. The van der Waals surface area contributed by atoms with E-state index in [0.717, 1.165) is 25.7 Å². The van der Waals surface area contributed by atoms with Crippen LogP contribution in [0, 0.1) is 38.9 Å². The lowest BCUT2D eigenvalue weighted by Crippen LogP contribution is -2.55. The summed E-state index contributed by atoms with van der Waals surface area (Å²) >= 11 is 0. The van der Waals surface area contributed by atoms with Crippen molar-refractivity contribution in [1.82, 2.24) is 0 Å². The van der Waals surface area contributed by atoms with Crippen molar-refractivity contribution in [1.29, 1.82) is 0 Å². The fourth-order valence-corrected chi connectivity index (χ4v) is 10.3. The number of allylic oxidation sites excluding steroid dienone is 3. The van der Waals surface area contributed by atoms with Crippen LogP contribution in [-0.4, -0.2) is 23.3 Å². The van der Waals surface area contributed by atoms with Crippen LogP contribution < -0.4 is 0 Å². The number of cyclic esters (lactones) is 1. The van der Waals surface area contributed by atoms with E-state index in [-0.39, 0.29) is 39.8 Å². The lowest BCUT2D eigenvalue weighted by Gasteiger charge is -2.62. The van der Waals surface area contributed by atoms with Gasteiger partial charge in [0.1, 0.15) is 6.10 Å². The van der Waals surface area contributed by atoms with Crippen molar-refractivity contribution < 1.29 is 14.6 Å². The molecule has 0 aromatic rings. The molecular weight excluding hydrogens is 432 g/mol. The van der Waals surface area contributed by atoms with Gasteiger partial charge in [-0.1, -0.05) is 51.3 Å². The van der Waals surface area contributed by atoms with Gasteiger partial charge >= 0.3 is 5.97 Å². The Morgan fingerprint density at radius 3 is 2.17 bits per heavy atom. The Morgan fingerprint density at radius 2 is 1.51 bits per heavy atom. The molecule has 1 aliphatic heterocycles. The number of fused-ring (bicyclic) bond motifs is 4. The van der Waals surface area contributed by atoms with Gasteiger partial charge in [-0.15, -0.1) is 0 Å². The van der Waals surface area contributed by atoms with E-state index in [1.54, 1.807) is 11.1 Å². The van der Waals surface area contributed by atoms with E-state index in [1.165, 1.54) is 43.3 Å². The van der Waals surface area contributed by atoms with E-state index in [2.05, 4.69) is 62.3 Å². The molecule has 2 saturated carbocycles. The summed E-state index contributed by atoms with van der Waals surface area (Å²) in [5, 5.41) is 10.9. The predicted octanol–water partition coefficient (Wildman–Crippen LogP) is 7.77. The van der Waals surface area contributed by atoms with Gasteiger partial charge in [-0.2, -0.15) is 0 Å². The molecule has 0 radical (unpaired) electrons. The fourth-order valence-electron chi connectivity index (χ4n) is 10.3. The maximum absolute atomic E-state index is 13.5. The van der Waals surface area contributed by atoms with Crippen molar-refractivity contribution in [3.05, 3.63) is 22.3 Å². The fraction of sp³-hybridized carbons (Fsp3) is 0.844. The smallest absolute Gasteiger partial charge is 0.312 e. The number of ether oxygens (including phenoxy) is 1. The molecular formula is C32H50O3. The van der Waals surface area contributed by atoms with Crippen LogP contribution in [0.3, 0.4) is 0 Å². The summed E-state index contributed by atoms with van der Waals surface area (Å²) in [7, 11) is 0. The largest absolute Gasteiger partial charge is 0.457 e. The molecule has 1 N–H and O–H groups in total. The summed E-state index contributed by atoms with van der Waals surface area (Å²) in [5.41, 5.74) is 6.06. The van der Waals surface area contributed by atoms with Gasteiger partial charge in [0.2, 0.25) is 0 Å². The Bertz CT molecular complexity index is 998. The van der Waals surface area contributed by atoms with Gasteiger partial charge in [0.05, 0.1) is 11.5 Å². The van der Waals surface area contributed by atoms with Crippen LogP contribution in [0.1, 0.15) is 120 Å². The SMILES string of the molecule is CC(C)=C(C)[C@@H]1C[C@@](C)([C@@H]2CC[C@@]3(C)C4=C(CC[C@]23C)[C@@]2(C)CC[C@H](O)C(C)(C)[C@@H]2CC4)C(=O)O1. The normalized spacial score (nSPS) is 48.7. The Hall–Kier alpha value is -1.09. The highest BCUT2D eigenvalue weighted by molar-refractivity contribution is 5.80. The molecule has 35 heavy (non-hydrogen) atoms. The third-order valence-electron chi connectivity index (χ3n) is 13.1. The van der Waals surface area contributed by atoms with Crippen LogP contribution >= 0.6 is 0 Å². The van der Waals surface area contributed by atoms with Crippen LogP contribution in [0.25, 0.3) is 0 Å². The van der Waals surface area contributed by atoms with Crippen LogP contribution in [0.15, 0.2) is 22.3 Å². The lowest BCUT2D eigenvalue weighted by atomic mass is 9.42.